The summed E-state index contributed by atoms with van der Waals surface area (Å²) >= 11 is 0. The lowest BCUT2D eigenvalue weighted by Gasteiger charge is -2.30. The van der Waals surface area contributed by atoms with E-state index in [0.29, 0.717) is 11.3 Å². The van der Waals surface area contributed by atoms with Gasteiger partial charge in [-0.05, 0) is 56.5 Å². The molecule has 1 saturated carbocycles. The number of hydrogen-bond acceptors (Lipinski definition) is 5. The van der Waals surface area contributed by atoms with E-state index in [1.54, 1.807) is 53.7 Å². The number of nitrogens with zero attached hydrogens (tertiary/aromatic N) is 2. The predicted octanol–water partition coefficient (Wildman–Crippen LogP) is 4.23. The summed E-state index contributed by atoms with van der Waals surface area (Å²) in [6.45, 7) is 3.84. The minimum atomic E-state index is -0.642. The van der Waals surface area contributed by atoms with Crippen LogP contribution in [0.15, 0.2) is 54.4 Å². The Labute approximate surface area is 176 Å². The van der Waals surface area contributed by atoms with Gasteiger partial charge in [-0.15, -0.1) is 0 Å². The molecule has 6 nitrogen and oxygen atoms in total. The van der Waals surface area contributed by atoms with Crippen molar-refractivity contribution < 1.29 is 19.4 Å². The first kappa shape index (κ1) is 20.1. The van der Waals surface area contributed by atoms with E-state index in [0.717, 1.165) is 31.2 Å². The molecule has 1 amide bonds. The van der Waals surface area contributed by atoms with Gasteiger partial charge in [-0.3, -0.25) is 14.6 Å². The van der Waals surface area contributed by atoms with Gasteiger partial charge in [0.2, 0.25) is 0 Å². The van der Waals surface area contributed by atoms with Gasteiger partial charge in [0, 0.05) is 24.0 Å². The van der Waals surface area contributed by atoms with Crippen LogP contribution in [0.2, 0.25) is 0 Å². The number of aromatic nitrogens is 1. The molecule has 30 heavy (non-hydrogen) atoms. The summed E-state index contributed by atoms with van der Waals surface area (Å²) in [4.78, 5) is 31.8. The molecule has 1 aromatic carbocycles. The number of aliphatic hydroxyl groups is 1. The van der Waals surface area contributed by atoms with Crippen molar-refractivity contribution in [3.8, 4) is 5.75 Å². The number of pyridine rings is 1. The molecule has 1 atom stereocenters. The average Bonchev–Trinajstić information content (AvgIpc) is 3.35. The van der Waals surface area contributed by atoms with Crippen LogP contribution >= 0.6 is 0 Å². The second-order valence-electron chi connectivity index (χ2n) is 8.12. The fourth-order valence-corrected chi connectivity index (χ4v) is 4.43. The number of benzene rings is 1. The van der Waals surface area contributed by atoms with Crippen molar-refractivity contribution in [2.24, 2.45) is 0 Å². The fourth-order valence-electron chi connectivity index (χ4n) is 4.43. The van der Waals surface area contributed by atoms with Crippen LogP contribution in [0.1, 0.15) is 56.7 Å². The minimum absolute atomic E-state index is 0.000485. The number of ether oxygens (including phenoxy) is 1. The highest BCUT2D eigenvalue weighted by atomic mass is 16.5. The molecule has 2 aromatic rings. The van der Waals surface area contributed by atoms with Crippen LogP contribution < -0.4 is 4.74 Å². The van der Waals surface area contributed by atoms with Crippen LogP contribution in [0, 0.1) is 0 Å². The number of amides is 1. The van der Waals surface area contributed by atoms with Gasteiger partial charge in [0.15, 0.2) is 0 Å². The van der Waals surface area contributed by atoms with Crippen molar-refractivity contribution in [2.75, 3.05) is 0 Å². The van der Waals surface area contributed by atoms with E-state index in [2.05, 4.69) is 4.98 Å². The molecule has 1 aromatic heterocycles. The molecular formula is C24H26N2O4. The summed E-state index contributed by atoms with van der Waals surface area (Å²) in [5, 5.41) is 11.2. The number of rotatable bonds is 5. The van der Waals surface area contributed by atoms with Gasteiger partial charge in [0.25, 0.3) is 11.7 Å². The Bertz CT molecular complexity index is 978. The van der Waals surface area contributed by atoms with Gasteiger partial charge < -0.3 is 14.7 Å². The van der Waals surface area contributed by atoms with Gasteiger partial charge in [-0.2, -0.15) is 0 Å². The Balaban J connectivity index is 1.83. The maximum absolute atomic E-state index is 13.1. The lowest BCUT2D eigenvalue weighted by molar-refractivity contribution is -0.141. The number of carbonyl (C=O) groups excluding carboxylic acids is 2. The summed E-state index contributed by atoms with van der Waals surface area (Å²) in [6, 6.07) is 9.95. The van der Waals surface area contributed by atoms with Crippen molar-refractivity contribution in [3.05, 3.63) is 65.5 Å². The van der Waals surface area contributed by atoms with Crippen LogP contribution in [0.3, 0.4) is 0 Å². The van der Waals surface area contributed by atoms with E-state index in [1.165, 1.54) is 0 Å². The second-order valence-corrected chi connectivity index (χ2v) is 8.12. The third kappa shape index (κ3) is 3.70. The SMILES string of the molecule is CC(C)Oc1cccc(/C(O)=C2/C(=O)C(=O)N(C3CCCC3)C2c2ccncc2)c1. The average molecular weight is 406 g/mol. The third-order valence-electron chi connectivity index (χ3n) is 5.70. The smallest absolute Gasteiger partial charge is 0.295 e. The monoisotopic (exact) mass is 406 g/mol. The minimum Gasteiger partial charge on any atom is -0.507 e. The number of aliphatic hydroxyl groups excluding tert-OH is 1. The highest BCUT2D eigenvalue weighted by Crippen LogP contribution is 2.43. The van der Waals surface area contributed by atoms with Crippen molar-refractivity contribution in [1.82, 2.24) is 9.88 Å². The summed E-state index contributed by atoms with van der Waals surface area (Å²) in [7, 11) is 0. The Morgan fingerprint density at radius 3 is 2.50 bits per heavy atom. The van der Waals surface area contributed by atoms with Gasteiger partial charge in [0.05, 0.1) is 17.7 Å². The van der Waals surface area contributed by atoms with E-state index in [1.807, 2.05) is 13.8 Å². The highest BCUT2D eigenvalue weighted by molar-refractivity contribution is 6.46. The van der Waals surface area contributed by atoms with Crippen LogP contribution in [0.25, 0.3) is 5.76 Å². The second kappa shape index (κ2) is 8.30. The molecule has 2 heterocycles. The van der Waals surface area contributed by atoms with Crippen LogP contribution in [-0.4, -0.2) is 38.8 Å². The Hall–Kier alpha value is -3.15. The predicted molar refractivity (Wildman–Crippen MR) is 113 cm³/mol. The normalized spacial score (nSPS) is 21.6. The fraction of sp³-hybridized carbons (Fsp3) is 0.375. The first-order valence-electron chi connectivity index (χ1n) is 10.4. The number of Topliss-reactive ketones (excluding diaryl/α,β-unsaturated/α-hetero) is 1. The first-order chi connectivity index (χ1) is 14.5. The van der Waals surface area contributed by atoms with E-state index in [-0.39, 0.29) is 23.5 Å². The summed E-state index contributed by atoms with van der Waals surface area (Å²) in [5.74, 6) is -0.763. The zero-order chi connectivity index (χ0) is 21.3. The molecule has 2 fully saturated rings. The van der Waals surface area contributed by atoms with E-state index in [9.17, 15) is 14.7 Å². The Morgan fingerprint density at radius 1 is 1.13 bits per heavy atom. The van der Waals surface area contributed by atoms with E-state index >= 15 is 0 Å². The number of likely N-dealkylation sites (tertiary alicyclic amines) is 1. The quantitative estimate of drug-likeness (QED) is 0.457. The maximum Gasteiger partial charge on any atom is 0.295 e. The van der Waals surface area contributed by atoms with Crippen molar-refractivity contribution in [3.63, 3.8) is 0 Å². The lowest BCUT2D eigenvalue weighted by atomic mass is 9.95. The molecule has 0 bridgehead atoms. The standard InChI is InChI=1S/C24H26N2O4/c1-15(2)30-19-9-5-6-17(14-19)22(27)20-21(16-10-12-25-13-11-16)26(24(29)23(20)28)18-7-3-4-8-18/h5-6,9-15,18,21,27H,3-4,7-8H2,1-2H3/b22-20-. The molecule has 4 rings (SSSR count). The summed E-state index contributed by atoms with van der Waals surface area (Å²) in [6.07, 6.45) is 7.06. The molecule has 1 aliphatic heterocycles. The van der Waals surface area contributed by atoms with Crippen molar-refractivity contribution >= 4 is 17.4 Å². The molecule has 6 heteroatoms. The van der Waals surface area contributed by atoms with Crippen LogP contribution in [0.4, 0.5) is 0 Å². The number of hydrogen-bond donors (Lipinski definition) is 1. The zero-order valence-electron chi connectivity index (χ0n) is 17.2. The third-order valence-corrected chi connectivity index (χ3v) is 5.70. The van der Waals surface area contributed by atoms with Crippen molar-refractivity contribution in [1.29, 1.82) is 0 Å². The lowest BCUT2D eigenvalue weighted by Crippen LogP contribution is -2.37. The largest absolute Gasteiger partial charge is 0.507 e. The number of ketones is 1. The molecule has 1 N–H and O–H groups in total. The molecular weight excluding hydrogens is 380 g/mol. The molecule has 0 radical (unpaired) electrons. The molecule has 156 valence electrons. The summed E-state index contributed by atoms with van der Waals surface area (Å²) < 4.78 is 5.73. The number of carbonyl (C=O) groups is 2. The molecule has 1 saturated heterocycles. The van der Waals surface area contributed by atoms with Gasteiger partial charge in [-0.1, -0.05) is 25.0 Å². The van der Waals surface area contributed by atoms with E-state index in [4.69, 9.17) is 4.74 Å². The zero-order valence-corrected chi connectivity index (χ0v) is 17.2. The van der Waals surface area contributed by atoms with E-state index < -0.39 is 17.7 Å². The van der Waals surface area contributed by atoms with Crippen LogP contribution in [-0.2, 0) is 9.59 Å². The Morgan fingerprint density at radius 2 is 1.83 bits per heavy atom. The van der Waals surface area contributed by atoms with Crippen LogP contribution in [0.5, 0.6) is 5.75 Å². The van der Waals surface area contributed by atoms with Gasteiger partial charge >= 0.3 is 0 Å². The van der Waals surface area contributed by atoms with Gasteiger partial charge in [-0.25, -0.2) is 0 Å². The molecule has 1 aliphatic carbocycles. The molecule has 0 spiro atoms. The molecule has 1 unspecified atom stereocenters. The molecule has 2 aliphatic rings. The maximum atomic E-state index is 13.1. The van der Waals surface area contributed by atoms with Crippen molar-refractivity contribution in [2.45, 2.75) is 57.7 Å². The Kier molecular flexibility index (Phi) is 5.57. The summed E-state index contributed by atoms with van der Waals surface area (Å²) in [5.41, 5.74) is 1.35. The first-order valence-corrected chi connectivity index (χ1v) is 10.4. The topological polar surface area (TPSA) is 79.7 Å². The van der Waals surface area contributed by atoms with Gasteiger partial charge in [0.1, 0.15) is 11.5 Å². The highest BCUT2D eigenvalue weighted by Gasteiger charge is 2.49.